The van der Waals surface area contributed by atoms with Gasteiger partial charge in [-0.3, -0.25) is 4.68 Å². The molecule has 0 aliphatic carbocycles. The number of aromatic nitrogens is 3. The quantitative estimate of drug-likeness (QED) is 0.668. The van der Waals surface area contributed by atoms with Crippen LogP contribution >= 0.6 is 0 Å². The van der Waals surface area contributed by atoms with Crippen molar-refractivity contribution in [3.63, 3.8) is 0 Å². The molecule has 2 aromatic rings. The summed E-state index contributed by atoms with van der Waals surface area (Å²) in [6.45, 7) is 6.55. The van der Waals surface area contributed by atoms with Gasteiger partial charge in [0.1, 0.15) is 17.2 Å². The van der Waals surface area contributed by atoms with Crippen molar-refractivity contribution in [2.75, 3.05) is 44.6 Å². The molecule has 0 spiro atoms. The first-order valence-corrected chi connectivity index (χ1v) is 12.9. The van der Waals surface area contributed by atoms with Gasteiger partial charge in [-0.05, 0) is 32.9 Å². The molecule has 35 heavy (non-hydrogen) atoms. The Morgan fingerprint density at radius 1 is 1.09 bits per heavy atom. The molecule has 1 aromatic carbocycles. The molecule has 0 unspecified atom stereocenters. The molecule has 0 bridgehead atoms. The maximum atomic E-state index is 13.0. The minimum absolute atomic E-state index is 0.113. The van der Waals surface area contributed by atoms with Crippen molar-refractivity contribution in [2.24, 2.45) is 7.05 Å². The fourth-order valence-electron chi connectivity index (χ4n) is 3.86. The van der Waals surface area contributed by atoms with Gasteiger partial charge in [-0.2, -0.15) is 9.40 Å². The van der Waals surface area contributed by atoms with Gasteiger partial charge in [0, 0.05) is 57.6 Å². The highest BCUT2D eigenvalue weighted by molar-refractivity contribution is 7.89. The molecule has 13 heteroatoms. The van der Waals surface area contributed by atoms with Gasteiger partial charge in [0.15, 0.2) is 5.82 Å². The molecular formula is C22H31N7O5S. The smallest absolute Gasteiger partial charge is 0.410 e. The number of nitrogens with zero attached hydrogens (tertiary/aromatic N) is 6. The topological polar surface area (TPSA) is 130 Å². The van der Waals surface area contributed by atoms with Crippen LogP contribution in [0.2, 0.25) is 0 Å². The van der Waals surface area contributed by atoms with Crippen LogP contribution in [0.4, 0.5) is 15.3 Å². The molecule has 2 saturated heterocycles. The van der Waals surface area contributed by atoms with Crippen LogP contribution in [0.3, 0.4) is 0 Å². The zero-order valence-electron chi connectivity index (χ0n) is 20.3. The zero-order valence-corrected chi connectivity index (χ0v) is 21.2. The normalized spacial score (nSPS) is 17.7. The van der Waals surface area contributed by atoms with Crippen LogP contribution < -0.4 is 5.32 Å². The van der Waals surface area contributed by atoms with Crippen LogP contribution in [0.15, 0.2) is 30.6 Å². The first-order valence-electron chi connectivity index (χ1n) is 11.4. The Kier molecular flexibility index (Phi) is 6.73. The number of urea groups is 1. The predicted octanol–water partition coefficient (Wildman–Crippen LogP) is 1.58. The SMILES string of the molecule is Cn1cnc(-c2cccc(NC(=O)N3CC(S(=O)(=O)N4CCN(C(=O)OC(C)(C)C)CC4)C3)c2)n1. The Balaban J connectivity index is 1.28. The van der Waals surface area contributed by atoms with Crippen LogP contribution in [-0.2, 0) is 21.8 Å². The summed E-state index contributed by atoms with van der Waals surface area (Å²) in [4.78, 5) is 32.1. The fraction of sp³-hybridized carbons (Fsp3) is 0.545. The van der Waals surface area contributed by atoms with Gasteiger partial charge in [0.25, 0.3) is 0 Å². The summed E-state index contributed by atoms with van der Waals surface area (Å²) >= 11 is 0. The highest BCUT2D eigenvalue weighted by Gasteiger charge is 2.44. The lowest BCUT2D eigenvalue weighted by molar-refractivity contribution is 0.0191. The molecule has 0 atom stereocenters. The van der Waals surface area contributed by atoms with Crippen molar-refractivity contribution < 1.29 is 22.7 Å². The maximum absolute atomic E-state index is 13.0. The van der Waals surface area contributed by atoms with E-state index in [4.69, 9.17) is 4.74 Å². The highest BCUT2D eigenvalue weighted by atomic mass is 32.2. The van der Waals surface area contributed by atoms with E-state index in [1.807, 2.05) is 6.07 Å². The summed E-state index contributed by atoms with van der Waals surface area (Å²) in [5.41, 5.74) is 0.731. The van der Waals surface area contributed by atoms with E-state index in [2.05, 4.69) is 15.4 Å². The lowest BCUT2D eigenvalue weighted by atomic mass is 10.2. The third kappa shape index (κ3) is 5.73. The minimum atomic E-state index is -3.58. The summed E-state index contributed by atoms with van der Waals surface area (Å²) in [6, 6.07) is 6.80. The lowest BCUT2D eigenvalue weighted by Gasteiger charge is -2.42. The van der Waals surface area contributed by atoms with E-state index in [1.165, 1.54) is 14.1 Å². The first-order chi connectivity index (χ1) is 16.4. The second-order valence-corrected chi connectivity index (χ2v) is 11.9. The molecule has 0 radical (unpaired) electrons. The molecule has 2 fully saturated rings. The molecule has 0 saturated carbocycles. The van der Waals surface area contributed by atoms with Gasteiger partial charge in [-0.15, -0.1) is 0 Å². The number of carbonyl (C=O) groups is 2. The van der Waals surface area contributed by atoms with Crippen molar-refractivity contribution in [3.05, 3.63) is 30.6 Å². The van der Waals surface area contributed by atoms with E-state index in [-0.39, 0.29) is 45.3 Å². The number of likely N-dealkylation sites (tertiary alicyclic amines) is 1. The monoisotopic (exact) mass is 505 g/mol. The first kappa shape index (κ1) is 24.9. The van der Waals surface area contributed by atoms with Gasteiger partial charge < -0.3 is 19.9 Å². The molecule has 3 heterocycles. The molecule has 1 aromatic heterocycles. The standard InChI is InChI=1S/C22H31N7O5S/c1-22(2,3)34-21(31)27-8-10-29(11-9-27)35(32,33)18-13-28(14-18)20(30)24-17-7-5-6-16(12-17)19-23-15-26(4)25-19/h5-7,12,15,18H,8-11,13-14H2,1-4H3,(H,24,30). The van der Waals surface area contributed by atoms with Crippen LogP contribution in [0.25, 0.3) is 11.4 Å². The molecule has 190 valence electrons. The summed E-state index contributed by atoms with van der Waals surface area (Å²) in [7, 11) is -1.80. The van der Waals surface area contributed by atoms with Gasteiger partial charge in [-0.1, -0.05) is 12.1 Å². The summed E-state index contributed by atoms with van der Waals surface area (Å²) in [5, 5.41) is 6.40. The number of amides is 3. The number of anilines is 1. The van der Waals surface area contributed by atoms with Gasteiger partial charge in [0.2, 0.25) is 10.0 Å². The summed E-state index contributed by atoms with van der Waals surface area (Å²) in [6.07, 6.45) is 1.16. The Labute approximate surface area is 204 Å². The fourth-order valence-corrected chi connectivity index (χ4v) is 5.70. The average molecular weight is 506 g/mol. The number of rotatable bonds is 4. The number of hydrogen-bond donors (Lipinski definition) is 1. The van der Waals surface area contributed by atoms with E-state index in [0.717, 1.165) is 5.56 Å². The van der Waals surface area contributed by atoms with E-state index in [0.29, 0.717) is 11.5 Å². The Morgan fingerprint density at radius 2 is 1.77 bits per heavy atom. The largest absolute Gasteiger partial charge is 0.444 e. The minimum Gasteiger partial charge on any atom is -0.444 e. The number of benzene rings is 1. The number of sulfonamides is 1. The Hall–Kier alpha value is -3.19. The molecule has 1 N–H and O–H groups in total. The van der Waals surface area contributed by atoms with Crippen molar-refractivity contribution in [3.8, 4) is 11.4 Å². The average Bonchev–Trinajstić information content (AvgIpc) is 3.18. The van der Waals surface area contributed by atoms with Crippen molar-refractivity contribution in [1.29, 1.82) is 0 Å². The van der Waals surface area contributed by atoms with Gasteiger partial charge in [0.05, 0.1) is 0 Å². The molecular weight excluding hydrogens is 474 g/mol. The lowest BCUT2D eigenvalue weighted by Crippen LogP contribution is -2.62. The number of nitrogens with one attached hydrogen (secondary N) is 1. The molecule has 2 aliphatic rings. The maximum Gasteiger partial charge on any atom is 0.410 e. The van der Waals surface area contributed by atoms with Crippen molar-refractivity contribution in [2.45, 2.75) is 31.6 Å². The second kappa shape index (κ2) is 9.46. The van der Waals surface area contributed by atoms with Gasteiger partial charge in [-0.25, -0.2) is 23.0 Å². The predicted molar refractivity (Wildman–Crippen MR) is 129 cm³/mol. The van der Waals surface area contributed by atoms with Crippen LogP contribution in [0.1, 0.15) is 20.8 Å². The number of hydrogen-bond acceptors (Lipinski definition) is 7. The molecule has 12 nitrogen and oxygen atoms in total. The van der Waals surface area contributed by atoms with Crippen LogP contribution in [0, 0.1) is 0 Å². The van der Waals surface area contributed by atoms with Crippen LogP contribution in [0.5, 0.6) is 0 Å². The third-order valence-electron chi connectivity index (χ3n) is 5.78. The van der Waals surface area contributed by atoms with E-state index in [1.54, 1.807) is 57.0 Å². The van der Waals surface area contributed by atoms with E-state index in [9.17, 15) is 18.0 Å². The number of ether oxygens (including phenoxy) is 1. The second-order valence-electron chi connectivity index (χ2n) is 9.69. The third-order valence-corrected chi connectivity index (χ3v) is 8.00. The number of aryl methyl sites for hydroxylation is 1. The van der Waals surface area contributed by atoms with Crippen LogP contribution in [-0.4, -0.2) is 99.5 Å². The molecule has 4 rings (SSSR count). The van der Waals surface area contributed by atoms with E-state index < -0.39 is 27.0 Å². The zero-order chi connectivity index (χ0) is 25.4. The van der Waals surface area contributed by atoms with Gasteiger partial charge >= 0.3 is 12.1 Å². The molecule has 3 amide bonds. The van der Waals surface area contributed by atoms with Crippen molar-refractivity contribution in [1.82, 2.24) is 28.9 Å². The number of carbonyl (C=O) groups excluding carboxylic acids is 2. The molecule has 2 aliphatic heterocycles. The number of piperazine rings is 1. The van der Waals surface area contributed by atoms with Crippen molar-refractivity contribution >= 4 is 27.8 Å². The Bertz CT molecular complexity index is 1190. The Morgan fingerprint density at radius 3 is 2.37 bits per heavy atom. The summed E-state index contributed by atoms with van der Waals surface area (Å²) in [5.74, 6) is 0.547. The highest BCUT2D eigenvalue weighted by Crippen LogP contribution is 2.24. The van der Waals surface area contributed by atoms with E-state index >= 15 is 0 Å². The summed E-state index contributed by atoms with van der Waals surface area (Å²) < 4.78 is 34.4.